The monoisotopic (exact) mass is 317 g/mol. The van der Waals surface area contributed by atoms with Gasteiger partial charge in [-0.05, 0) is 35.9 Å². The van der Waals surface area contributed by atoms with Crippen LogP contribution in [0, 0.1) is 0 Å². The van der Waals surface area contributed by atoms with Crippen LogP contribution in [0.2, 0.25) is 0 Å². The van der Waals surface area contributed by atoms with Crippen molar-refractivity contribution in [3.63, 3.8) is 0 Å². The Morgan fingerprint density at radius 3 is 2.54 bits per heavy atom. The third kappa shape index (κ3) is 3.43. The fraction of sp³-hybridized carbons (Fsp3) is 0.100. The second kappa shape index (κ2) is 6.96. The summed E-state index contributed by atoms with van der Waals surface area (Å²) in [7, 11) is 4.02. The van der Waals surface area contributed by atoms with E-state index in [1.165, 1.54) is 0 Å². The highest BCUT2D eigenvalue weighted by Crippen LogP contribution is 2.25. The molecule has 1 heterocycles. The summed E-state index contributed by atoms with van der Waals surface area (Å²) in [5.41, 5.74) is 4.58. The van der Waals surface area contributed by atoms with Gasteiger partial charge in [-0.25, -0.2) is 4.98 Å². The third-order valence-corrected chi connectivity index (χ3v) is 3.80. The van der Waals surface area contributed by atoms with Crippen molar-refractivity contribution in [3.05, 3.63) is 72.4 Å². The zero-order chi connectivity index (χ0) is 16.9. The van der Waals surface area contributed by atoms with Crippen LogP contribution in [0.3, 0.4) is 0 Å². The van der Waals surface area contributed by atoms with Gasteiger partial charge in [0.05, 0.1) is 0 Å². The lowest BCUT2D eigenvalue weighted by Crippen LogP contribution is -2.08. The maximum Gasteiger partial charge on any atom is 0.150 e. The maximum absolute atomic E-state index is 11.2. The van der Waals surface area contributed by atoms with Crippen molar-refractivity contribution in [2.24, 2.45) is 0 Å². The van der Waals surface area contributed by atoms with Gasteiger partial charge in [-0.15, -0.1) is 0 Å². The predicted molar refractivity (Wildman–Crippen MR) is 99.1 cm³/mol. The third-order valence-electron chi connectivity index (χ3n) is 3.80. The van der Waals surface area contributed by atoms with E-state index in [1.807, 2.05) is 56.6 Å². The largest absolute Gasteiger partial charge is 0.378 e. The molecule has 0 radical (unpaired) electrons. The van der Waals surface area contributed by atoms with E-state index in [2.05, 4.69) is 27.3 Å². The lowest BCUT2D eigenvalue weighted by molar-refractivity contribution is 0.112. The molecule has 3 aromatic rings. The number of aldehydes is 1. The van der Waals surface area contributed by atoms with Crippen LogP contribution in [-0.4, -0.2) is 25.4 Å². The summed E-state index contributed by atoms with van der Waals surface area (Å²) in [6.45, 7) is 0. The number of benzene rings is 2. The molecular weight excluding hydrogens is 298 g/mol. The van der Waals surface area contributed by atoms with Crippen molar-refractivity contribution in [1.82, 2.24) is 4.98 Å². The molecule has 0 saturated heterocycles. The van der Waals surface area contributed by atoms with E-state index in [4.69, 9.17) is 0 Å². The standard InChI is InChI=1S/C20H19N3O/c1-23(2)18-8-5-7-17(12-18)22-20-11-10-15(13-21-20)19-9-4-3-6-16(19)14-24/h3-14H,1-2H3,(H,21,22). The fourth-order valence-electron chi connectivity index (χ4n) is 2.50. The van der Waals surface area contributed by atoms with Gasteiger partial charge in [0.15, 0.2) is 6.29 Å². The molecule has 3 rings (SSSR count). The van der Waals surface area contributed by atoms with Crippen LogP contribution >= 0.6 is 0 Å². The average molecular weight is 317 g/mol. The van der Waals surface area contributed by atoms with Crippen LogP contribution < -0.4 is 10.2 Å². The maximum atomic E-state index is 11.2. The Balaban J connectivity index is 1.82. The van der Waals surface area contributed by atoms with Crippen LogP contribution in [0.1, 0.15) is 10.4 Å². The molecule has 0 spiro atoms. The lowest BCUT2D eigenvalue weighted by atomic mass is 10.0. The Bertz CT molecular complexity index is 842. The summed E-state index contributed by atoms with van der Waals surface area (Å²) in [5, 5.41) is 3.30. The number of aromatic nitrogens is 1. The predicted octanol–water partition coefficient (Wildman–Crippen LogP) is 4.37. The number of carbonyl (C=O) groups is 1. The van der Waals surface area contributed by atoms with E-state index in [0.29, 0.717) is 5.56 Å². The molecule has 4 nitrogen and oxygen atoms in total. The Morgan fingerprint density at radius 1 is 1.00 bits per heavy atom. The van der Waals surface area contributed by atoms with Crippen molar-refractivity contribution in [3.8, 4) is 11.1 Å². The number of pyridine rings is 1. The SMILES string of the molecule is CN(C)c1cccc(Nc2ccc(-c3ccccc3C=O)cn2)c1. The molecule has 0 amide bonds. The van der Waals surface area contributed by atoms with Crippen LogP contribution in [0.5, 0.6) is 0 Å². The van der Waals surface area contributed by atoms with Crippen LogP contribution in [-0.2, 0) is 0 Å². The van der Waals surface area contributed by atoms with Gasteiger partial charge in [0.1, 0.15) is 5.82 Å². The van der Waals surface area contributed by atoms with Crippen LogP contribution in [0.15, 0.2) is 66.9 Å². The van der Waals surface area contributed by atoms with E-state index in [1.54, 1.807) is 12.3 Å². The molecule has 0 atom stereocenters. The van der Waals surface area contributed by atoms with E-state index >= 15 is 0 Å². The number of rotatable bonds is 5. The minimum absolute atomic E-state index is 0.665. The molecular formula is C20H19N3O. The van der Waals surface area contributed by atoms with Gasteiger partial charge in [0.2, 0.25) is 0 Å². The summed E-state index contributed by atoms with van der Waals surface area (Å²) in [5.74, 6) is 0.762. The molecule has 0 bridgehead atoms. The molecule has 0 aliphatic carbocycles. The van der Waals surface area contributed by atoms with Crippen molar-refractivity contribution in [2.75, 3.05) is 24.3 Å². The number of hydrogen-bond donors (Lipinski definition) is 1. The molecule has 4 heteroatoms. The second-order valence-electron chi connectivity index (χ2n) is 5.71. The van der Waals surface area contributed by atoms with Gasteiger partial charge >= 0.3 is 0 Å². The molecule has 0 unspecified atom stereocenters. The van der Waals surface area contributed by atoms with Gasteiger partial charge in [-0.2, -0.15) is 0 Å². The first-order chi connectivity index (χ1) is 11.7. The van der Waals surface area contributed by atoms with Gasteiger partial charge in [0.25, 0.3) is 0 Å². The number of nitrogens with zero attached hydrogens (tertiary/aromatic N) is 2. The topological polar surface area (TPSA) is 45.2 Å². The van der Waals surface area contributed by atoms with E-state index in [0.717, 1.165) is 34.6 Å². The molecule has 0 saturated carbocycles. The minimum atomic E-state index is 0.665. The highest BCUT2D eigenvalue weighted by atomic mass is 16.1. The molecule has 2 aromatic carbocycles. The molecule has 120 valence electrons. The Labute approximate surface area is 141 Å². The molecule has 0 aliphatic rings. The molecule has 24 heavy (non-hydrogen) atoms. The van der Waals surface area contributed by atoms with Crippen molar-refractivity contribution in [2.45, 2.75) is 0 Å². The molecule has 1 N–H and O–H groups in total. The molecule has 0 aliphatic heterocycles. The molecule has 0 fully saturated rings. The summed E-state index contributed by atoms with van der Waals surface area (Å²) in [4.78, 5) is 17.7. The van der Waals surface area contributed by atoms with Crippen LogP contribution in [0.25, 0.3) is 11.1 Å². The zero-order valence-corrected chi connectivity index (χ0v) is 13.7. The van der Waals surface area contributed by atoms with Gasteiger partial charge in [-0.1, -0.05) is 30.3 Å². The number of carbonyl (C=O) groups excluding carboxylic acids is 1. The first-order valence-electron chi connectivity index (χ1n) is 7.72. The fourth-order valence-corrected chi connectivity index (χ4v) is 2.50. The van der Waals surface area contributed by atoms with E-state index in [9.17, 15) is 4.79 Å². The van der Waals surface area contributed by atoms with Gasteiger partial charge in [0, 0.05) is 42.8 Å². The quantitative estimate of drug-likeness (QED) is 0.710. The average Bonchev–Trinajstić information content (AvgIpc) is 2.62. The highest BCUT2D eigenvalue weighted by Gasteiger charge is 2.05. The normalized spacial score (nSPS) is 10.2. The Morgan fingerprint density at radius 2 is 1.83 bits per heavy atom. The van der Waals surface area contributed by atoms with Crippen LogP contribution in [0.4, 0.5) is 17.2 Å². The summed E-state index contributed by atoms with van der Waals surface area (Å²) in [6.07, 6.45) is 2.65. The van der Waals surface area contributed by atoms with Gasteiger partial charge < -0.3 is 10.2 Å². The Kier molecular flexibility index (Phi) is 4.57. The first kappa shape index (κ1) is 15.7. The smallest absolute Gasteiger partial charge is 0.150 e. The Hall–Kier alpha value is -3.14. The van der Waals surface area contributed by atoms with Crippen molar-refractivity contribution in [1.29, 1.82) is 0 Å². The van der Waals surface area contributed by atoms with E-state index in [-0.39, 0.29) is 0 Å². The van der Waals surface area contributed by atoms with E-state index < -0.39 is 0 Å². The van der Waals surface area contributed by atoms with Gasteiger partial charge in [-0.3, -0.25) is 4.79 Å². The summed E-state index contributed by atoms with van der Waals surface area (Å²) < 4.78 is 0. The number of nitrogens with one attached hydrogen (secondary N) is 1. The molecule has 1 aromatic heterocycles. The first-order valence-corrected chi connectivity index (χ1v) is 7.72. The minimum Gasteiger partial charge on any atom is -0.378 e. The number of anilines is 3. The summed E-state index contributed by atoms with van der Waals surface area (Å²) >= 11 is 0. The zero-order valence-electron chi connectivity index (χ0n) is 13.7. The number of hydrogen-bond acceptors (Lipinski definition) is 4. The lowest BCUT2D eigenvalue weighted by Gasteiger charge is -2.14. The summed E-state index contributed by atoms with van der Waals surface area (Å²) in [6, 6.07) is 19.5. The highest BCUT2D eigenvalue weighted by molar-refractivity contribution is 5.87. The van der Waals surface area contributed by atoms with Crippen molar-refractivity contribution >= 4 is 23.5 Å². The van der Waals surface area contributed by atoms with Crippen molar-refractivity contribution < 1.29 is 4.79 Å². The second-order valence-corrected chi connectivity index (χ2v) is 5.71.